The number of methoxy groups -OCH3 is 2. The van der Waals surface area contributed by atoms with Crippen LogP contribution < -0.4 is 19.7 Å². The molecule has 0 aliphatic carbocycles. The van der Waals surface area contributed by atoms with Crippen molar-refractivity contribution in [2.45, 2.75) is 13.5 Å². The van der Waals surface area contributed by atoms with Crippen LogP contribution in [0.4, 0.5) is 10.1 Å². The van der Waals surface area contributed by atoms with Crippen molar-refractivity contribution in [3.63, 3.8) is 0 Å². The molecule has 0 heterocycles. The lowest BCUT2D eigenvalue weighted by Crippen LogP contribution is -3.08. The molecule has 0 aromatic heterocycles. The van der Waals surface area contributed by atoms with E-state index in [1.165, 1.54) is 6.07 Å². The summed E-state index contributed by atoms with van der Waals surface area (Å²) in [5, 5.41) is 2.62. The van der Waals surface area contributed by atoms with E-state index >= 15 is 0 Å². The first-order chi connectivity index (χ1) is 11.9. The third-order valence-electron chi connectivity index (χ3n) is 3.81. The van der Waals surface area contributed by atoms with E-state index in [-0.39, 0.29) is 18.1 Å². The molecule has 0 saturated carbocycles. The van der Waals surface area contributed by atoms with Crippen molar-refractivity contribution < 1.29 is 23.6 Å². The zero-order valence-corrected chi connectivity index (χ0v) is 15.0. The first-order valence-electron chi connectivity index (χ1n) is 8.01. The van der Waals surface area contributed by atoms with Gasteiger partial charge in [0.25, 0.3) is 5.91 Å². The number of carbonyl (C=O) groups is 1. The van der Waals surface area contributed by atoms with Gasteiger partial charge in [-0.05, 0) is 42.8 Å². The van der Waals surface area contributed by atoms with Gasteiger partial charge in [-0.25, -0.2) is 4.39 Å². The third-order valence-corrected chi connectivity index (χ3v) is 3.81. The summed E-state index contributed by atoms with van der Waals surface area (Å²) in [6, 6.07) is 10.4. The number of quaternary nitrogens is 1. The van der Waals surface area contributed by atoms with E-state index in [0.717, 1.165) is 16.0 Å². The molecule has 0 spiro atoms. The van der Waals surface area contributed by atoms with E-state index in [1.807, 2.05) is 25.2 Å². The van der Waals surface area contributed by atoms with Crippen molar-refractivity contribution in [2.24, 2.45) is 0 Å². The fourth-order valence-electron chi connectivity index (χ4n) is 2.59. The molecule has 6 heteroatoms. The average molecular weight is 347 g/mol. The van der Waals surface area contributed by atoms with E-state index in [1.54, 1.807) is 33.3 Å². The number of halogens is 1. The summed E-state index contributed by atoms with van der Waals surface area (Å²) in [4.78, 5) is 13.1. The highest BCUT2D eigenvalue weighted by atomic mass is 19.1. The Morgan fingerprint density at radius 2 is 1.84 bits per heavy atom. The monoisotopic (exact) mass is 347 g/mol. The highest BCUT2D eigenvalue weighted by Gasteiger charge is 2.14. The predicted octanol–water partition coefficient (Wildman–Crippen LogP) is 1.80. The predicted molar refractivity (Wildman–Crippen MR) is 94.8 cm³/mol. The molecular weight excluding hydrogens is 323 g/mol. The summed E-state index contributed by atoms with van der Waals surface area (Å²) < 4.78 is 24.3. The van der Waals surface area contributed by atoms with Crippen molar-refractivity contribution >= 4 is 11.6 Å². The maximum Gasteiger partial charge on any atom is 0.279 e. The first-order valence-corrected chi connectivity index (χ1v) is 8.01. The molecule has 0 bridgehead atoms. The highest BCUT2D eigenvalue weighted by molar-refractivity contribution is 5.91. The van der Waals surface area contributed by atoms with Crippen molar-refractivity contribution in [1.29, 1.82) is 0 Å². The van der Waals surface area contributed by atoms with Crippen LogP contribution >= 0.6 is 0 Å². The van der Waals surface area contributed by atoms with E-state index < -0.39 is 5.82 Å². The Kier molecular flexibility index (Phi) is 6.36. The van der Waals surface area contributed by atoms with E-state index in [0.29, 0.717) is 18.0 Å². The van der Waals surface area contributed by atoms with E-state index in [4.69, 9.17) is 9.47 Å². The fourth-order valence-corrected chi connectivity index (χ4v) is 2.59. The summed E-state index contributed by atoms with van der Waals surface area (Å²) >= 11 is 0. The van der Waals surface area contributed by atoms with Crippen molar-refractivity contribution in [3.05, 3.63) is 53.3 Å². The van der Waals surface area contributed by atoms with E-state index in [2.05, 4.69) is 5.32 Å². The minimum atomic E-state index is -0.425. The van der Waals surface area contributed by atoms with Crippen molar-refractivity contribution in [2.75, 3.05) is 33.1 Å². The summed E-state index contributed by atoms with van der Waals surface area (Å²) in [5.74, 6) is 0.655. The summed E-state index contributed by atoms with van der Waals surface area (Å²) in [5.41, 5.74) is 2.03. The van der Waals surface area contributed by atoms with Gasteiger partial charge in [-0.2, -0.15) is 0 Å². The van der Waals surface area contributed by atoms with E-state index in [9.17, 15) is 9.18 Å². The Morgan fingerprint density at radius 1 is 1.12 bits per heavy atom. The average Bonchev–Trinajstić information content (AvgIpc) is 2.57. The second-order valence-corrected chi connectivity index (χ2v) is 6.03. The van der Waals surface area contributed by atoms with Gasteiger partial charge in [-0.3, -0.25) is 4.79 Å². The second kappa shape index (κ2) is 8.48. The molecule has 1 unspecified atom stereocenters. The first kappa shape index (κ1) is 18.7. The van der Waals surface area contributed by atoms with Gasteiger partial charge in [0.15, 0.2) is 18.0 Å². The molecule has 0 radical (unpaired) electrons. The zero-order chi connectivity index (χ0) is 18.4. The standard InChI is InChI=1S/C19H23FN2O3/c1-13-5-7-16(15(20)9-13)21-19(23)12-22(2)11-14-6-8-17(24-3)18(10-14)25-4/h5-10H,11-12H2,1-4H3,(H,21,23)/p+1. The lowest BCUT2D eigenvalue weighted by molar-refractivity contribution is -0.885. The van der Waals surface area contributed by atoms with Crippen LogP contribution in [0.25, 0.3) is 0 Å². The van der Waals surface area contributed by atoms with Gasteiger partial charge in [-0.15, -0.1) is 0 Å². The lowest BCUT2D eigenvalue weighted by Gasteiger charge is -2.15. The Bertz CT molecular complexity index is 749. The number of nitrogens with one attached hydrogen (secondary N) is 2. The van der Waals surface area contributed by atoms with Crippen molar-refractivity contribution in [1.82, 2.24) is 0 Å². The van der Waals surface area contributed by atoms with Crippen LogP contribution in [0.1, 0.15) is 11.1 Å². The van der Waals surface area contributed by atoms with Gasteiger partial charge in [0, 0.05) is 5.56 Å². The molecule has 25 heavy (non-hydrogen) atoms. The largest absolute Gasteiger partial charge is 0.493 e. The number of amides is 1. The van der Waals surface area contributed by atoms with Gasteiger partial charge in [0.2, 0.25) is 0 Å². The smallest absolute Gasteiger partial charge is 0.279 e. The van der Waals surface area contributed by atoms with Gasteiger partial charge in [0.05, 0.1) is 27.0 Å². The molecule has 2 rings (SSSR count). The van der Waals surface area contributed by atoms with Gasteiger partial charge >= 0.3 is 0 Å². The number of anilines is 1. The number of aryl methyl sites for hydroxylation is 1. The molecular formula is C19H24FN2O3+. The Morgan fingerprint density at radius 3 is 2.48 bits per heavy atom. The Balaban J connectivity index is 1.95. The topological polar surface area (TPSA) is 52.0 Å². The molecule has 1 atom stereocenters. The van der Waals surface area contributed by atoms with Crippen LogP contribution in [-0.4, -0.2) is 33.7 Å². The number of likely N-dealkylation sites (N-methyl/N-ethyl adjacent to an activating group) is 1. The van der Waals surface area contributed by atoms with Crippen LogP contribution in [0.3, 0.4) is 0 Å². The molecule has 1 amide bonds. The normalized spacial score (nSPS) is 11.7. The molecule has 0 saturated heterocycles. The second-order valence-electron chi connectivity index (χ2n) is 6.03. The minimum Gasteiger partial charge on any atom is -0.493 e. The minimum absolute atomic E-state index is 0.203. The highest BCUT2D eigenvalue weighted by Crippen LogP contribution is 2.27. The summed E-state index contributed by atoms with van der Waals surface area (Å²) in [6.07, 6.45) is 0. The fraction of sp³-hybridized carbons (Fsp3) is 0.316. The van der Waals surface area contributed by atoms with Crippen LogP contribution in [0.2, 0.25) is 0 Å². The molecule has 0 aliphatic heterocycles. The Hall–Kier alpha value is -2.60. The van der Waals surface area contributed by atoms with Gasteiger partial charge < -0.3 is 19.7 Å². The van der Waals surface area contributed by atoms with Crippen molar-refractivity contribution in [3.8, 4) is 11.5 Å². The maximum absolute atomic E-state index is 13.8. The van der Waals surface area contributed by atoms with Crippen LogP contribution in [0.15, 0.2) is 36.4 Å². The summed E-state index contributed by atoms with van der Waals surface area (Å²) in [7, 11) is 5.08. The number of carbonyl (C=O) groups excluding carboxylic acids is 1. The summed E-state index contributed by atoms with van der Waals surface area (Å²) in [6.45, 7) is 2.65. The SMILES string of the molecule is COc1ccc(C[NH+](C)CC(=O)Nc2ccc(C)cc2F)cc1OC. The van der Waals surface area contributed by atoms with Crippen LogP contribution in [0, 0.1) is 12.7 Å². The zero-order valence-electron chi connectivity index (χ0n) is 15.0. The lowest BCUT2D eigenvalue weighted by atomic mass is 10.2. The van der Waals surface area contributed by atoms with Gasteiger partial charge in [0.1, 0.15) is 12.4 Å². The molecule has 2 N–H and O–H groups in total. The number of rotatable bonds is 7. The van der Waals surface area contributed by atoms with Gasteiger partial charge in [-0.1, -0.05) is 6.07 Å². The molecule has 5 nitrogen and oxygen atoms in total. The quantitative estimate of drug-likeness (QED) is 0.803. The molecule has 134 valence electrons. The van der Waals surface area contributed by atoms with Crippen LogP contribution in [0.5, 0.6) is 11.5 Å². The number of hydrogen-bond acceptors (Lipinski definition) is 3. The Labute approximate surface area is 147 Å². The molecule has 2 aromatic carbocycles. The molecule has 0 aliphatic rings. The number of ether oxygens (including phenoxy) is 2. The number of benzene rings is 2. The number of hydrogen-bond donors (Lipinski definition) is 2. The molecule has 2 aromatic rings. The third kappa shape index (κ3) is 5.19. The van der Waals surface area contributed by atoms with Crippen LogP contribution in [-0.2, 0) is 11.3 Å². The maximum atomic E-state index is 13.8. The molecule has 0 fully saturated rings.